The molecule has 0 aliphatic rings. The number of benzene rings is 2. The van der Waals surface area contributed by atoms with Crippen molar-refractivity contribution in [1.82, 2.24) is 0 Å². The van der Waals surface area contributed by atoms with E-state index in [-0.39, 0.29) is 0 Å². The van der Waals surface area contributed by atoms with Crippen LogP contribution in [0, 0.1) is 12.3 Å². The Hall–Kier alpha value is -1.80. The van der Waals surface area contributed by atoms with Crippen LogP contribution in [0.5, 0.6) is 0 Å². The molecule has 84 valence electrons. The normalized spacial score (nSPS) is 11.2. The highest BCUT2D eigenvalue weighted by atomic mass is 35.5. The van der Waals surface area contributed by atoms with E-state index in [0.717, 1.165) is 33.1 Å². The zero-order valence-electron chi connectivity index (χ0n) is 9.25. The first-order valence-corrected chi connectivity index (χ1v) is 5.70. The molecule has 2 nitrogen and oxygen atoms in total. The second kappa shape index (κ2) is 3.60. The highest BCUT2D eigenvalue weighted by Crippen LogP contribution is 2.32. The van der Waals surface area contributed by atoms with Crippen LogP contribution in [0.1, 0.15) is 11.1 Å². The van der Waals surface area contributed by atoms with Gasteiger partial charge in [-0.1, -0.05) is 11.6 Å². The molecule has 3 rings (SSSR count). The van der Waals surface area contributed by atoms with Gasteiger partial charge in [0.05, 0.1) is 0 Å². The lowest BCUT2D eigenvalue weighted by Crippen LogP contribution is -1.84. The maximum absolute atomic E-state index is 7.38. The Bertz CT molecular complexity index is 743. The van der Waals surface area contributed by atoms with E-state index in [9.17, 15) is 0 Å². The zero-order valence-corrected chi connectivity index (χ0v) is 10.0. The topological polar surface area (TPSA) is 37.0 Å². The minimum Gasteiger partial charge on any atom is -0.456 e. The smallest absolute Gasteiger partial charge is 0.135 e. The van der Waals surface area contributed by atoms with Crippen LogP contribution in [0.3, 0.4) is 0 Å². The number of fused-ring (bicyclic) bond motifs is 3. The van der Waals surface area contributed by atoms with E-state index in [1.807, 2.05) is 37.3 Å². The molecular weight excluding hydrogens is 234 g/mol. The van der Waals surface area contributed by atoms with Gasteiger partial charge in [-0.25, -0.2) is 0 Å². The molecule has 1 heterocycles. The monoisotopic (exact) mass is 243 g/mol. The maximum atomic E-state index is 7.38. The molecule has 3 aromatic rings. The lowest BCUT2D eigenvalue weighted by atomic mass is 10.1. The summed E-state index contributed by atoms with van der Waals surface area (Å²) in [5.41, 5.74) is 3.61. The second-order valence-corrected chi connectivity index (χ2v) is 4.53. The van der Waals surface area contributed by atoms with Gasteiger partial charge >= 0.3 is 0 Å². The Kier molecular flexibility index (Phi) is 2.20. The summed E-state index contributed by atoms with van der Waals surface area (Å²) in [5.74, 6) is 0. The number of furan rings is 1. The predicted molar refractivity (Wildman–Crippen MR) is 71.4 cm³/mol. The summed E-state index contributed by atoms with van der Waals surface area (Å²) in [4.78, 5) is 0. The van der Waals surface area contributed by atoms with Crippen LogP contribution in [-0.4, -0.2) is 6.21 Å². The zero-order chi connectivity index (χ0) is 12.0. The fourth-order valence-electron chi connectivity index (χ4n) is 2.07. The maximum Gasteiger partial charge on any atom is 0.135 e. The van der Waals surface area contributed by atoms with Crippen LogP contribution < -0.4 is 0 Å². The van der Waals surface area contributed by atoms with Crippen LogP contribution in [0.15, 0.2) is 34.7 Å². The fraction of sp³-hybridized carbons (Fsp3) is 0.0714. The van der Waals surface area contributed by atoms with Crippen molar-refractivity contribution >= 4 is 39.8 Å². The van der Waals surface area contributed by atoms with Gasteiger partial charge in [0.1, 0.15) is 11.2 Å². The van der Waals surface area contributed by atoms with E-state index in [1.54, 1.807) is 0 Å². The van der Waals surface area contributed by atoms with Crippen LogP contribution >= 0.6 is 11.6 Å². The van der Waals surface area contributed by atoms with Crippen molar-refractivity contribution in [3.8, 4) is 0 Å². The quantitative estimate of drug-likeness (QED) is 0.626. The van der Waals surface area contributed by atoms with E-state index in [1.165, 1.54) is 6.21 Å². The summed E-state index contributed by atoms with van der Waals surface area (Å²) in [6, 6.07) is 9.52. The molecule has 17 heavy (non-hydrogen) atoms. The minimum atomic E-state index is 0.692. The summed E-state index contributed by atoms with van der Waals surface area (Å²) < 4.78 is 5.75. The van der Waals surface area contributed by atoms with Gasteiger partial charge in [0, 0.05) is 22.0 Å². The molecule has 0 aliphatic heterocycles. The number of hydrogen-bond acceptors (Lipinski definition) is 2. The van der Waals surface area contributed by atoms with Gasteiger partial charge in [0.25, 0.3) is 0 Å². The molecule has 0 saturated carbocycles. The number of hydrogen-bond donors (Lipinski definition) is 1. The molecular formula is C14H10ClNO. The SMILES string of the molecule is Cc1cc2oc3ccc(Cl)cc3c2cc1C=N. The Morgan fingerprint density at radius 1 is 1.12 bits per heavy atom. The molecule has 0 amide bonds. The number of halogens is 1. The highest BCUT2D eigenvalue weighted by molar-refractivity contribution is 6.31. The van der Waals surface area contributed by atoms with Crippen molar-refractivity contribution in [2.75, 3.05) is 0 Å². The molecule has 0 saturated heterocycles. The first-order chi connectivity index (χ1) is 8.19. The summed E-state index contributed by atoms with van der Waals surface area (Å²) in [6.07, 6.45) is 1.36. The van der Waals surface area contributed by atoms with Gasteiger partial charge in [0.15, 0.2) is 0 Å². The average Bonchev–Trinajstić information content (AvgIpc) is 2.65. The van der Waals surface area contributed by atoms with E-state index < -0.39 is 0 Å². The van der Waals surface area contributed by atoms with E-state index in [4.69, 9.17) is 21.4 Å². The van der Waals surface area contributed by atoms with Crippen LogP contribution in [0.25, 0.3) is 21.9 Å². The molecule has 0 atom stereocenters. The molecule has 0 fully saturated rings. The summed E-state index contributed by atoms with van der Waals surface area (Å²) in [6.45, 7) is 1.97. The van der Waals surface area contributed by atoms with Crippen LogP contribution in [0.2, 0.25) is 5.02 Å². The lowest BCUT2D eigenvalue weighted by Gasteiger charge is -1.98. The number of rotatable bonds is 1. The van der Waals surface area contributed by atoms with Crippen molar-refractivity contribution < 1.29 is 4.42 Å². The molecule has 1 N–H and O–H groups in total. The highest BCUT2D eigenvalue weighted by Gasteiger charge is 2.09. The second-order valence-electron chi connectivity index (χ2n) is 4.09. The Balaban J connectivity index is 2.50. The molecule has 0 radical (unpaired) electrons. The Morgan fingerprint density at radius 3 is 2.65 bits per heavy atom. The molecule has 1 aromatic heterocycles. The van der Waals surface area contributed by atoms with Gasteiger partial charge in [0.2, 0.25) is 0 Å². The van der Waals surface area contributed by atoms with E-state index in [0.29, 0.717) is 5.02 Å². The first kappa shape index (κ1) is 10.4. The summed E-state index contributed by atoms with van der Waals surface area (Å²) in [5, 5.41) is 10.1. The van der Waals surface area contributed by atoms with Gasteiger partial charge in [-0.2, -0.15) is 0 Å². The molecule has 2 aromatic carbocycles. The van der Waals surface area contributed by atoms with Gasteiger partial charge < -0.3 is 9.83 Å². The largest absolute Gasteiger partial charge is 0.456 e. The van der Waals surface area contributed by atoms with E-state index >= 15 is 0 Å². The van der Waals surface area contributed by atoms with Crippen LogP contribution in [-0.2, 0) is 0 Å². The Labute approximate surface area is 103 Å². The third-order valence-electron chi connectivity index (χ3n) is 2.98. The van der Waals surface area contributed by atoms with Crippen molar-refractivity contribution in [2.24, 2.45) is 0 Å². The third-order valence-corrected chi connectivity index (χ3v) is 3.21. The number of aryl methyl sites for hydroxylation is 1. The van der Waals surface area contributed by atoms with Gasteiger partial charge in [-0.3, -0.25) is 0 Å². The third kappa shape index (κ3) is 1.53. The van der Waals surface area contributed by atoms with Crippen LogP contribution in [0.4, 0.5) is 0 Å². The van der Waals surface area contributed by atoms with Gasteiger partial charge in [-0.15, -0.1) is 0 Å². The molecule has 0 aliphatic carbocycles. The fourth-order valence-corrected chi connectivity index (χ4v) is 2.24. The number of nitrogens with one attached hydrogen (secondary N) is 1. The minimum absolute atomic E-state index is 0.692. The van der Waals surface area contributed by atoms with Crippen molar-refractivity contribution in [2.45, 2.75) is 6.92 Å². The molecule has 0 unspecified atom stereocenters. The van der Waals surface area contributed by atoms with E-state index in [2.05, 4.69) is 0 Å². The summed E-state index contributed by atoms with van der Waals surface area (Å²) >= 11 is 5.99. The van der Waals surface area contributed by atoms with Crippen molar-refractivity contribution in [1.29, 1.82) is 5.41 Å². The molecule has 3 heteroatoms. The predicted octanol–water partition coefficient (Wildman–Crippen LogP) is 4.55. The van der Waals surface area contributed by atoms with Gasteiger partial charge in [-0.05, 0) is 48.4 Å². The first-order valence-electron chi connectivity index (χ1n) is 5.32. The molecule has 0 spiro atoms. The lowest BCUT2D eigenvalue weighted by molar-refractivity contribution is 0.668. The standard InChI is InChI=1S/C14H10ClNO/c1-8-4-14-11(5-9(8)7-16)12-6-10(15)2-3-13(12)17-14/h2-7,16H,1H3. The van der Waals surface area contributed by atoms with Crippen molar-refractivity contribution in [3.05, 3.63) is 46.5 Å². The van der Waals surface area contributed by atoms with Crippen molar-refractivity contribution in [3.63, 3.8) is 0 Å². The molecule has 0 bridgehead atoms. The Morgan fingerprint density at radius 2 is 1.88 bits per heavy atom. The average molecular weight is 244 g/mol. The summed E-state index contributed by atoms with van der Waals surface area (Å²) in [7, 11) is 0.